The van der Waals surface area contributed by atoms with E-state index in [1.165, 1.54) is 12.0 Å². The topological polar surface area (TPSA) is 88.7 Å². The number of hydrogen-bond donors (Lipinski definition) is 1. The minimum Gasteiger partial charge on any atom is -0.464 e. The van der Waals surface area contributed by atoms with Crippen LogP contribution in [0.15, 0.2) is 0 Å². The van der Waals surface area contributed by atoms with Gasteiger partial charge in [0.2, 0.25) is 5.91 Å². The number of carbonyl (C=O) groups excluding carboxylic acids is 3. The molecular formula is C17H26N2O5. The molecule has 0 saturated carbocycles. The number of ketones is 1. The number of nitrogens with zero attached hydrogens (tertiary/aromatic N) is 1. The van der Waals surface area contributed by atoms with Gasteiger partial charge >= 0.3 is 5.97 Å². The summed E-state index contributed by atoms with van der Waals surface area (Å²) >= 11 is 0. The van der Waals surface area contributed by atoms with Gasteiger partial charge < -0.3 is 19.4 Å². The van der Waals surface area contributed by atoms with Gasteiger partial charge in [0, 0.05) is 31.3 Å². The zero-order valence-corrected chi connectivity index (χ0v) is 15.2. The lowest BCUT2D eigenvalue weighted by atomic mass is 9.99. The maximum atomic E-state index is 12.9. The van der Waals surface area contributed by atoms with Crippen LogP contribution in [0.4, 0.5) is 0 Å². The summed E-state index contributed by atoms with van der Waals surface area (Å²) in [5.74, 6) is -0.857. The zero-order valence-electron chi connectivity index (χ0n) is 15.2. The van der Waals surface area contributed by atoms with Crippen LogP contribution < -0.4 is 0 Å². The fourth-order valence-electron chi connectivity index (χ4n) is 2.70. The normalized spacial score (nSPS) is 11.9. The molecule has 1 rings (SSSR count). The molecule has 134 valence electrons. The van der Waals surface area contributed by atoms with E-state index in [-0.39, 0.29) is 17.4 Å². The molecular weight excluding hydrogens is 312 g/mol. The van der Waals surface area contributed by atoms with Gasteiger partial charge in [-0.15, -0.1) is 0 Å². The molecule has 1 aromatic rings. The van der Waals surface area contributed by atoms with Gasteiger partial charge in [-0.25, -0.2) is 4.79 Å². The van der Waals surface area contributed by atoms with E-state index in [0.29, 0.717) is 36.4 Å². The summed E-state index contributed by atoms with van der Waals surface area (Å²) in [6.07, 6.45) is 0.305. The highest BCUT2D eigenvalue weighted by molar-refractivity contribution is 6.06. The molecule has 0 aromatic carbocycles. The van der Waals surface area contributed by atoms with Crippen LogP contribution in [0.25, 0.3) is 0 Å². The fraction of sp³-hybridized carbons (Fsp3) is 0.588. The van der Waals surface area contributed by atoms with Gasteiger partial charge in [0.25, 0.3) is 0 Å². The number of aromatic nitrogens is 1. The van der Waals surface area contributed by atoms with Crippen LogP contribution in [-0.2, 0) is 14.3 Å². The lowest BCUT2D eigenvalue weighted by Gasteiger charge is -2.28. The third kappa shape index (κ3) is 4.03. The average Bonchev–Trinajstić information content (AvgIpc) is 2.87. The van der Waals surface area contributed by atoms with Crippen molar-refractivity contribution in [3.63, 3.8) is 0 Å². The number of hydrogen-bond acceptors (Lipinski definition) is 5. The van der Waals surface area contributed by atoms with Gasteiger partial charge in [0.1, 0.15) is 5.69 Å². The number of aromatic amines is 1. The highest BCUT2D eigenvalue weighted by Gasteiger charge is 2.30. The van der Waals surface area contributed by atoms with E-state index < -0.39 is 12.0 Å². The van der Waals surface area contributed by atoms with Gasteiger partial charge in [0.15, 0.2) is 5.78 Å². The van der Waals surface area contributed by atoms with Crippen molar-refractivity contribution in [2.75, 3.05) is 27.4 Å². The van der Waals surface area contributed by atoms with Gasteiger partial charge in [0.05, 0.1) is 19.8 Å². The Bertz CT molecular complexity index is 621. The Labute approximate surface area is 142 Å². The number of Topliss-reactive ketones (excluding diaryl/α,β-unsaturated/α-hetero) is 1. The Morgan fingerprint density at radius 1 is 1.21 bits per heavy atom. The smallest absolute Gasteiger partial charge is 0.354 e. The maximum absolute atomic E-state index is 12.9. The molecule has 0 aliphatic carbocycles. The lowest BCUT2D eigenvalue weighted by molar-refractivity contribution is -0.132. The highest BCUT2D eigenvalue weighted by atomic mass is 16.5. The molecule has 0 spiro atoms. The zero-order chi connectivity index (χ0) is 18.4. The van der Waals surface area contributed by atoms with Crippen LogP contribution in [0, 0.1) is 13.8 Å². The van der Waals surface area contributed by atoms with Crippen LogP contribution in [0.3, 0.4) is 0 Å². The molecule has 0 radical (unpaired) electrons. The predicted molar refractivity (Wildman–Crippen MR) is 89.3 cm³/mol. The van der Waals surface area contributed by atoms with Crippen LogP contribution in [-0.4, -0.2) is 61.0 Å². The Morgan fingerprint density at radius 3 is 2.33 bits per heavy atom. The SMILES string of the molecule is CCC(=O)N(CCOC)[C@@H](C)C(=O)c1c(C)[nH]c(C(=O)OC)c1C. The molecule has 0 saturated heterocycles. The second-order valence-electron chi connectivity index (χ2n) is 5.59. The number of methoxy groups -OCH3 is 2. The number of rotatable bonds is 8. The van der Waals surface area contributed by atoms with Crippen molar-refractivity contribution < 1.29 is 23.9 Å². The largest absolute Gasteiger partial charge is 0.464 e. The molecule has 1 heterocycles. The van der Waals surface area contributed by atoms with Crippen molar-refractivity contribution >= 4 is 17.7 Å². The predicted octanol–water partition coefficient (Wildman–Crippen LogP) is 1.87. The Hall–Kier alpha value is -2.15. The molecule has 7 nitrogen and oxygen atoms in total. The third-order valence-corrected chi connectivity index (χ3v) is 4.08. The van der Waals surface area contributed by atoms with Crippen molar-refractivity contribution in [1.82, 2.24) is 9.88 Å². The molecule has 1 aromatic heterocycles. The highest BCUT2D eigenvalue weighted by Crippen LogP contribution is 2.22. The quantitative estimate of drug-likeness (QED) is 0.577. The minimum absolute atomic E-state index is 0.119. The molecule has 0 aliphatic rings. The first-order valence-electron chi connectivity index (χ1n) is 7.90. The van der Waals surface area contributed by atoms with Gasteiger partial charge in [-0.3, -0.25) is 9.59 Å². The number of carbonyl (C=O) groups is 3. The number of esters is 1. The van der Waals surface area contributed by atoms with Crippen LogP contribution >= 0.6 is 0 Å². The Balaban J connectivity index is 3.17. The molecule has 7 heteroatoms. The molecule has 1 atom stereocenters. The van der Waals surface area contributed by atoms with Crippen LogP contribution in [0.5, 0.6) is 0 Å². The summed E-state index contributed by atoms with van der Waals surface area (Å²) < 4.78 is 9.75. The van der Waals surface area contributed by atoms with E-state index in [9.17, 15) is 14.4 Å². The average molecular weight is 338 g/mol. The minimum atomic E-state index is -0.647. The summed E-state index contributed by atoms with van der Waals surface area (Å²) in [4.78, 5) is 41.3. The number of ether oxygens (including phenoxy) is 2. The first-order chi connectivity index (χ1) is 11.3. The Kier molecular flexibility index (Phi) is 7.16. The molecule has 0 bridgehead atoms. The third-order valence-electron chi connectivity index (χ3n) is 4.08. The summed E-state index contributed by atoms with van der Waals surface area (Å²) in [6.45, 7) is 7.54. The first kappa shape index (κ1) is 19.9. The fourth-order valence-corrected chi connectivity index (χ4v) is 2.70. The summed E-state index contributed by atoms with van der Waals surface area (Å²) in [5, 5.41) is 0. The van der Waals surface area contributed by atoms with Crippen molar-refractivity contribution in [2.24, 2.45) is 0 Å². The van der Waals surface area contributed by atoms with E-state index in [1.807, 2.05) is 0 Å². The van der Waals surface area contributed by atoms with Crippen molar-refractivity contribution in [2.45, 2.75) is 40.2 Å². The van der Waals surface area contributed by atoms with Crippen LogP contribution in [0.2, 0.25) is 0 Å². The Morgan fingerprint density at radius 2 is 1.83 bits per heavy atom. The van der Waals surface area contributed by atoms with Gasteiger partial charge in [-0.1, -0.05) is 6.92 Å². The molecule has 24 heavy (non-hydrogen) atoms. The lowest BCUT2D eigenvalue weighted by Crippen LogP contribution is -2.45. The first-order valence-corrected chi connectivity index (χ1v) is 7.90. The van der Waals surface area contributed by atoms with Gasteiger partial charge in [-0.05, 0) is 26.3 Å². The maximum Gasteiger partial charge on any atom is 0.354 e. The summed E-state index contributed by atoms with van der Waals surface area (Å²) in [7, 11) is 2.83. The van der Waals surface area contributed by atoms with E-state index in [1.54, 1.807) is 34.8 Å². The van der Waals surface area contributed by atoms with E-state index in [2.05, 4.69) is 4.98 Å². The van der Waals surface area contributed by atoms with Crippen molar-refractivity contribution in [1.29, 1.82) is 0 Å². The number of aryl methyl sites for hydroxylation is 1. The van der Waals surface area contributed by atoms with Crippen LogP contribution in [0.1, 0.15) is 52.4 Å². The summed E-state index contributed by atoms with van der Waals surface area (Å²) in [5.41, 5.74) is 1.80. The summed E-state index contributed by atoms with van der Waals surface area (Å²) in [6, 6.07) is -0.647. The van der Waals surface area contributed by atoms with Gasteiger partial charge in [-0.2, -0.15) is 0 Å². The number of nitrogens with one attached hydrogen (secondary N) is 1. The second kappa shape index (κ2) is 8.63. The molecule has 1 N–H and O–H groups in total. The number of amides is 1. The molecule has 1 amide bonds. The molecule has 0 aliphatic heterocycles. The van der Waals surface area contributed by atoms with Crippen molar-refractivity contribution in [3.05, 3.63) is 22.5 Å². The standard InChI is InChI=1S/C17H26N2O5/c1-7-13(20)19(8-9-23-5)12(4)16(21)14-10(2)15(17(22)24-6)18-11(14)3/h12,18H,7-9H2,1-6H3/t12-/m0/s1. The molecule has 0 unspecified atom stereocenters. The second-order valence-corrected chi connectivity index (χ2v) is 5.59. The monoisotopic (exact) mass is 338 g/mol. The van der Waals surface area contributed by atoms with E-state index in [0.717, 1.165) is 0 Å². The molecule has 0 fully saturated rings. The van der Waals surface area contributed by atoms with Crippen molar-refractivity contribution in [3.8, 4) is 0 Å². The van der Waals surface area contributed by atoms with E-state index in [4.69, 9.17) is 9.47 Å². The number of H-pyrrole nitrogens is 1. The van der Waals surface area contributed by atoms with E-state index >= 15 is 0 Å².